The van der Waals surface area contributed by atoms with Gasteiger partial charge in [0.2, 0.25) is 0 Å². The Bertz CT molecular complexity index is 2110. The molecule has 301 valence electrons. The Labute approximate surface area is 378 Å². The van der Waals surface area contributed by atoms with Crippen molar-refractivity contribution >= 4 is 97.2 Å². The molecule has 0 amide bonds. The SMILES string of the molecule is CC(=Nc1c(C)cccc1Cl)c1cccc(C(C)=Nc2c(C)cccc2Cl)n1.CC1C(c2ccccc2)CCC1c1cccc2cccnc12.[CH3-].[Cl][Cr+][Cl].[Cl][Fe][Cl]. The molecule has 1 fully saturated rings. The van der Waals surface area contributed by atoms with E-state index >= 15 is 0 Å². The molecule has 57 heavy (non-hydrogen) atoms. The second-order valence-corrected chi connectivity index (χ2v) is 17.9. The van der Waals surface area contributed by atoms with Crippen LogP contribution in [-0.4, -0.2) is 21.4 Å². The second kappa shape index (κ2) is 25.3. The molecule has 2 aromatic heterocycles. The van der Waals surface area contributed by atoms with E-state index in [1.807, 2.05) is 94.6 Å². The number of halogens is 6. The summed E-state index contributed by atoms with van der Waals surface area (Å²) in [6.45, 7) is 10.3. The van der Waals surface area contributed by atoms with Gasteiger partial charge in [0.25, 0.3) is 0 Å². The number of pyridine rings is 2. The molecule has 0 bridgehead atoms. The summed E-state index contributed by atoms with van der Waals surface area (Å²) in [5.41, 5.74) is 10.8. The Kier molecular flexibility index (Phi) is 21.7. The molecule has 0 saturated heterocycles. The van der Waals surface area contributed by atoms with Crippen molar-refractivity contribution in [3.63, 3.8) is 0 Å². The van der Waals surface area contributed by atoms with Crippen LogP contribution in [0.25, 0.3) is 10.9 Å². The van der Waals surface area contributed by atoms with Gasteiger partial charge in [-0.2, -0.15) is 0 Å². The number of hydrogen-bond donors (Lipinski definition) is 0. The van der Waals surface area contributed by atoms with Gasteiger partial charge in [-0.15, -0.1) is 0 Å². The van der Waals surface area contributed by atoms with Crippen LogP contribution in [-0.2, 0) is 26.5 Å². The maximum atomic E-state index is 6.30. The van der Waals surface area contributed by atoms with Gasteiger partial charge < -0.3 is 7.43 Å². The summed E-state index contributed by atoms with van der Waals surface area (Å²) in [5.74, 6) is 1.95. The van der Waals surface area contributed by atoms with Crippen LogP contribution >= 0.6 is 63.5 Å². The van der Waals surface area contributed by atoms with E-state index in [9.17, 15) is 0 Å². The third-order valence-electron chi connectivity index (χ3n) is 9.78. The van der Waals surface area contributed by atoms with Crippen LogP contribution in [0.15, 0.2) is 131 Å². The van der Waals surface area contributed by atoms with Gasteiger partial charge in [0.15, 0.2) is 0 Å². The summed E-state index contributed by atoms with van der Waals surface area (Å²) < 4.78 is 0. The molecule has 3 unspecified atom stereocenters. The predicted molar refractivity (Wildman–Crippen MR) is 242 cm³/mol. The normalized spacial score (nSPS) is 16.2. The number of aromatic nitrogens is 2. The van der Waals surface area contributed by atoms with Crippen molar-refractivity contribution in [1.82, 2.24) is 9.97 Å². The van der Waals surface area contributed by atoms with Gasteiger partial charge in [0.1, 0.15) is 0 Å². The van der Waals surface area contributed by atoms with Crippen LogP contribution in [0.1, 0.15) is 79.1 Å². The molecule has 0 radical (unpaired) electrons. The monoisotopic (exact) mass is 959 g/mol. The first kappa shape index (κ1) is 48.9. The summed E-state index contributed by atoms with van der Waals surface area (Å²) in [7, 11) is 19.2. The standard InChI is InChI=1S/C23H21Cl2N3.C21H21N.CH3.4ClH.Cr.Fe/c1-14-8-5-10-18(24)22(14)26-16(3)20-12-7-13-21(28-20)17(4)27-23-15(2)9-6-11-19(23)25;1-15-18(16-7-3-2-4-8-16)12-13-19(15)20-11-5-9-17-10-6-14-22-21(17)20;;;;;;;/h5-13H,1-4H3;2-11,14-15,18-19H,12-13H2,1H3;1H3;4*1H;;/q;;-1;;;;;+3;+2/p-4. The topological polar surface area (TPSA) is 50.5 Å². The molecule has 2 heterocycles. The average molecular weight is 962 g/mol. The zero-order valence-electron chi connectivity index (χ0n) is 32.5. The van der Waals surface area contributed by atoms with Crippen molar-refractivity contribution in [2.24, 2.45) is 15.9 Å². The van der Waals surface area contributed by atoms with Crippen LogP contribution in [0, 0.1) is 27.2 Å². The fourth-order valence-electron chi connectivity index (χ4n) is 7.02. The van der Waals surface area contributed by atoms with Crippen molar-refractivity contribution < 1.29 is 26.5 Å². The van der Waals surface area contributed by atoms with E-state index in [2.05, 4.69) is 66.5 Å². The minimum absolute atomic E-state index is 0. The number of hydrogen-bond acceptors (Lipinski definition) is 4. The predicted octanol–water partition coefficient (Wildman–Crippen LogP) is 16.0. The van der Waals surface area contributed by atoms with Crippen LogP contribution in [0.2, 0.25) is 10.0 Å². The van der Waals surface area contributed by atoms with Gasteiger partial charge in [-0.1, -0.05) is 115 Å². The number of para-hydroxylation sites is 3. The Morgan fingerprint density at radius 3 is 1.67 bits per heavy atom. The first-order valence-electron chi connectivity index (χ1n) is 17.8. The van der Waals surface area contributed by atoms with Crippen LogP contribution < -0.4 is 0 Å². The molecule has 1 aliphatic rings. The molecule has 0 N–H and O–H groups in total. The number of benzene rings is 4. The van der Waals surface area contributed by atoms with E-state index in [-0.39, 0.29) is 33.9 Å². The summed E-state index contributed by atoms with van der Waals surface area (Å²) in [6.07, 6.45) is 4.45. The van der Waals surface area contributed by atoms with Crippen LogP contribution in [0.4, 0.5) is 11.4 Å². The van der Waals surface area contributed by atoms with Crippen LogP contribution in [0.5, 0.6) is 0 Å². The molecule has 0 aliphatic heterocycles. The van der Waals surface area contributed by atoms with E-state index in [1.165, 1.54) is 34.9 Å². The van der Waals surface area contributed by atoms with Gasteiger partial charge in [-0.25, -0.2) is 15.0 Å². The van der Waals surface area contributed by atoms with Gasteiger partial charge in [0.05, 0.1) is 49.7 Å². The number of rotatable bonds is 6. The van der Waals surface area contributed by atoms with E-state index in [4.69, 9.17) is 78.5 Å². The van der Waals surface area contributed by atoms with Gasteiger partial charge in [0, 0.05) is 11.6 Å². The molecule has 12 heteroatoms. The van der Waals surface area contributed by atoms with Crippen molar-refractivity contribution in [2.75, 3.05) is 0 Å². The number of aryl methyl sites for hydroxylation is 2. The maximum absolute atomic E-state index is 6.30. The van der Waals surface area contributed by atoms with Crippen molar-refractivity contribution in [2.45, 2.75) is 59.3 Å². The zero-order chi connectivity index (χ0) is 40.6. The molecule has 1 aliphatic carbocycles. The molecule has 4 nitrogen and oxygen atoms in total. The van der Waals surface area contributed by atoms with E-state index in [1.54, 1.807) is 0 Å². The molecular formula is C45H45Cl6CrFeN4. The Balaban J connectivity index is 0.000000269. The fourth-order valence-corrected chi connectivity index (χ4v) is 7.55. The summed E-state index contributed by atoms with van der Waals surface area (Å²) in [5, 5.41) is 2.51. The quantitative estimate of drug-likeness (QED) is 0.0949. The first-order chi connectivity index (χ1) is 27.0. The van der Waals surface area contributed by atoms with Crippen molar-refractivity contribution in [1.29, 1.82) is 0 Å². The molecule has 3 atom stereocenters. The van der Waals surface area contributed by atoms with E-state index < -0.39 is 0 Å². The fraction of sp³-hybridized carbons (Fsp3) is 0.222. The Morgan fingerprint density at radius 1 is 0.667 bits per heavy atom. The second-order valence-electron chi connectivity index (χ2n) is 13.2. The molecule has 7 rings (SSSR count). The van der Waals surface area contributed by atoms with Crippen LogP contribution in [0.3, 0.4) is 0 Å². The van der Waals surface area contributed by atoms with E-state index in [0.717, 1.165) is 45.3 Å². The number of aliphatic imine (C=N–C) groups is 2. The third-order valence-corrected chi connectivity index (χ3v) is 10.4. The van der Waals surface area contributed by atoms with Crippen molar-refractivity contribution in [3.05, 3.63) is 173 Å². The Hall–Kier alpha value is -2.43. The van der Waals surface area contributed by atoms with Crippen molar-refractivity contribution in [3.8, 4) is 0 Å². The molecule has 1 saturated carbocycles. The van der Waals surface area contributed by atoms with Gasteiger partial charge in [-0.3, -0.25) is 4.98 Å². The summed E-state index contributed by atoms with van der Waals surface area (Å²) >= 11 is 12.6. The number of fused-ring (bicyclic) bond motifs is 1. The molecular weight excluding hydrogens is 917 g/mol. The number of nitrogens with zero attached hydrogens (tertiary/aromatic N) is 4. The van der Waals surface area contributed by atoms with Gasteiger partial charge in [-0.05, 0) is 111 Å². The van der Waals surface area contributed by atoms with E-state index in [0.29, 0.717) is 27.8 Å². The summed E-state index contributed by atoms with van der Waals surface area (Å²) in [6, 6.07) is 39.1. The molecule has 4 aromatic carbocycles. The summed E-state index contributed by atoms with van der Waals surface area (Å²) in [4.78, 5) is 18.8. The first-order valence-corrected chi connectivity index (χ1v) is 25.1. The molecule has 0 spiro atoms. The molecule has 6 aromatic rings. The Morgan fingerprint density at radius 2 is 1.14 bits per heavy atom. The average Bonchev–Trinajstić information content (AvgIpc) is 3.59. The minimum atomic E-state index is -0.181. The van der Waals surface area contributed by atoms with Gasteiger partial charge >= 0.3 is 66.8 Å². The zero-order valence-corrected chi connectivity index (χ0v) is 39.4. The third kappa shape index (κ3) is 13.8.